The molecule has 0 bridgehead atoms. The third kappa shape index (κ3) is 2.85. The molecule has 0 fully saturated rings. The molecule has 0 atom stereocenters. The van der Waals surface area contributed by atoms with Gasteiger partial charge < -0.3 is 5.11 Å². The van der Waals surface area contributed by atoms with Gasteiger partial charge in [-0.3, -0.25) is 9.59 Å². The Labute approximate surface area is 148 Å². The minimum absolute atomic E-state index is 0.273. The molecule has 0 radical (unpaired) electrons. The van der Waals surface area contributed by atoms with Crippen LogP contribution in [0.3, 0.4) is 0 Å². The lowest BCUT2D eigenvalue weighted by Crippen LogP contribution is -2.31. The van der Waals surface area contributed by atoms with Crippen LogP contribution in [0.5, 0.6) is 0 Å². The van der Waals surface area contributed by atoms with Crippen LogP contribution < -0.4 is 4.90 Å². The zero-order valence-corrected chi connectivity index (χ0v) is 14.0. The number of anilines is 1. The van der Waals surface area contributed by atoms with Crippen molar-refractivity contribution in [3.63, 3.8) is 0 Å². The second kappa shape index (κ2) is 6.42. The molecular weight excluding hydrogens is 353 g/mol. The highest BCUT2D eigenvalue weighted by molar-refractivity contribution is 6.43. The molecule has 1 aromatic carbocycles. The quantitative estimate of drug-likeness (QED) is 0.653. The number of aliphatic carboxylic acids is 1. The van der Waals surface area contributed by atoms with Crippen LogP contribution >= 0.6 is 23.2 Å². The third-order valence-corrected chi connectivity index (χ3v) is 4.73. The van der Waals surface area contributed by atoms with Crippen molar-refractivity contribution in [1.29, 1.82) is 0 Å². The summed E-state index contributed by atoms with van der Waals surface area (Å²) in [5.41, 5.74) is 1.85. The van der Waals surface area contributed by atoms with Crippen molar-refractivity contribution in [2.24, 2.45) is 0 Å². The van der Waals surface area contributed by atoms with E-state index in [9.17, 15) is 14.4 Å². The highest BCUT2D eigenvalue weighted by Crippen LogP contribution is 2.36. The van der Waals surface area contributed by atoms with Crippen molar-refractivity contribution in [3.05, 3.63) is 45.0 Å². The Hall–Kier alpha value is -2.11. The number of halogens is 2. The smallest absolute Gasteiger partial charge is 0.347 e. The maximum atomic E-state index is 12.6. The Morgan fingerprint density at radius 2 is 1.71 bits per heavy atom. The number of imide groups is 1. The summed E-state index contributed by atoms with van der Waals surface area (Å²) in [6.07, 6.45) is 4.21. The van der Waals surface area contributed by atoms with Crippen molar-refractivity contribution >= 4 is 52.7 Å². The fourth-order valence-electron chi connectivity index (χ4n) is 2.95. The van der Waals surface area contributed by atoms with Crippen molar-refractivity contribution in [1.82, 2.24) is 0 Å². The molecule has 0 aromatic heterocycles. The molecule has 124 valence electrons. The van der Waals surface area contributed by atoms with Crippen LogP contribution in [0.2, 0.25) is 5.02 Å². The van der Waals surface area contributed by atoms with E-state index in [0.29, 0.717) is 35.2 Å². The van der Waals surface area contributed by atoms with E-state index in [1.807, 2.05) is 0 Å². The van der Waals surface area contributed by atoms with E-state index in [-0.39, 0.29) is 16.8 Å². The maximum absolute atomic E-state index is 12.6. The molecule has 2 aliphatic rings. The number of carbonyl (C=O) groups excluding carboxylic acids is 2. The summed E-state index contributed by atoms with van der Waals surface area (Å²) in [4.78, 5) is 37.1. The first kappa shape index (κ1) is 16.7. The Morgan fingerprint density at radius 3 is 2.25 bits per heavy atom. The van der Waals surface area contributed by atoms with Gasteiger partial charge in [-0.1, -0.05) is 23.2 Å². The molecule has 1 heterocycles. The average molecular weight is 366 g/mol. The van der Waals surface area contributed by atoms with Gasteiger partial charge in [0.1, 0.15) is 5.03 Å². The van der Waals surface area contributed by atoms with Gasteiger partial charge in [0.15, 0.2) is 0 Å². The van der Waals surface area contributed by atoms with Gasteiger partial charge in [0, 0.05) is 16.2 Å². The lowest BCUT2D eigenvalue weighted by atomic mass is 9.93. The van der Waals surface area contributed by atoms with Crippen molar-refractivity contribution in [2.75, 3.05) is 4.90 Å². The summed E-state index contributed by atoms with van der Waals surface area (Å²) in [6.45, 7) is 0. The fourth-order valence-corrected chi connectivity index (χ4v) is 3.24. The summed E-state index contributed by atoms with van der Waals surface area (Å²) < 4.78 is 0. The molecule has 1 N–H and O–H groups in total. The van der Waals surface area contributed by atoms with Gasteiger partial charge in [-0.2, -0.15) is 0 Å². The molecule has 24 heavy (non-hydrogen) atoms. The summed E-state index contributed by atoms with van der Waals surface area (Å²) >= 11 is 11.7. The number of hydrogen-bond donors (Lipinski definition) is 1. The van der Waals surface area contributed by atoms with Gasteiger partial charge in [0.25, 0.3) is 11.8 Å². The molecule has 7 heteroatoms. The number of carbonyl (C=O) groups is 3. The minimum Gasteiger partial charge on any atom is -0.477 e. The summed E-state index contributed by atoms with van der Waals surface area (Å²) in [6, 6.07) is 4.55. The van der Waals surface area contributed by atoms with Crippen LogP contribution in [-0.4, -0.2) is 22.9 Å². The second-order valence-corrected chi connectivity index (χ2v) is 6.43. The highest BCUT2D eigenvalue weighted by Gasteiger charge is 2.39. The molecule has 0 spiro atoms. The monoisotopic (exact) mass is 365 g/mol. The largest absolute Gasteiger partial charge is 0.477 e. The van der Waals surface area contributed by atoms with Gasteiger partial charge in [0.05, 0.1) is 5.69 Å². The SMILES string of the molecule is O=C(O)/C(Cl)=C/c1cc(N2C(=O)C3=C(CCCC3)C2=O)ccc1Cl. The van der Waals surface area contributed by atoms with Crippen LogP contribution in [0.1, 0.15) is 31.2 Å². The molecule has 1 aliphatic carbocycles. The van der Waals surface area contributed by atoms with E-state index >= 15 is 0 Å². The van der Waals surface area contributed by atoms with Gasteiger partial charge in [0.2, 0.25) is 0 Å². The minimum atomic E-state index is -1.29. The lowest BCUT2D eigenvalue weighted by Gasteiger charge is -2.16. The zero-order valence-electron chi connectivity index (χ0n) is 12.5. The van der Waals surface area contributed by atoms with E-state index in [2.05, 4.69) is 0 Å². The zero-order chi connectivity index (χ0) is 17.4. The van der Waals surface area contributed by atoms with Crippen molar-refractivity contribution in [3.8, 4) is 0 Å². The van der Waals surface area contributed by atoms with Crippen LogP contribution in [0.25, 0.3) is 6.08 Å². The molecular formula is C17H13Cl2NO4. The molecule has 0 unspecified atom stereocenters. The first-order valence-electron chi connectivity index (χ1n) is 7.41. The van der Waals surface area contributed by atoms with E-state index in [1.54, 1.807) is 6.07 Å². The van der Waals surface area contributed by atoms with E-state index in [1.165, 1.54) is 18.2 Å². The van der Waals surface area contributed by atoms with Crippen LogP contribution in [0, 0.1) is 0 Å². The Balaban J connectivity index is 2.00. The maximum Gasteiger partial charge on any atom is 0.347 e. The van der Waals surface area contributed by atoms with Gasteiger partial charge in [-0.25, -0.2) is 9.69 Å². The first-order chi connectivity index (χ1) is 11.4. The molecule has 5 nitrogen and oxygen atoms in total. The molecule has 0 saturated heterocycles. The van der Waals surface area contributed by atoms with Crippen molar-refractivity contribution < 1.29 is 19.5 Å². The van der Waals surface area contributed by atoms with E-state index < -0.39 is 11.0 Å². The van der Waals surface area contributed by atoms with Gasteiger partial charge >= 0.3 is 5.97 Å². The number of rotatable bonds is 3. The number of carboxylic acid groups (broad SMARTS) is 1. The summed E-state index contributed by atoms with van der Waals surface area (Å²) in [7, 11) is 0. The van der Waals surface area contributed by atoms with Gasteiger partial charge in [-0.15, -0.1) is 0 Å². The highest BCUT2D eigenvalue weighted by atomic mass is 35.5. The average Bonchev–Trinajstić information content (AvgIpc) is 2.81. The summed E-state index contributed by atoms with van der Waals surface area (Å²) in [5, 5.41) is 8.73. The van der Waals surface area contributed by atoms with E-state index in [0.717, 1.165) is 17.7 Å². The normalized spacial score (nSPS) is 18.2. The number of carboxylic acids is 1. The van der Waals surface area contributed by atoms with Crippen LogP contribution in [0.15, 0.2) is 34.4 Å². The van der Waals surface area contributed by atoms with Crippen molar-refractivity contribution in [2.45, 2.75) is 25.7 Å². The van der Waals surface area contributed by atoms with E-state index in [4.69, 9.17) is 28.3 Å². The lowest BCUT2D eigenvalue weighted by molar-refractivity contribution is -0.131. The molecule has 1 aliphatic heterocycles. The van der Waals surface area contributed by atoms with Gasteiger partial charge in [-0.05, 0) is 55.5 Å². The number of benzene rings is 1. The molecule has 2 amide bonds. The Morgan fingerprint density at radius 1 is 1.12 bits per heavy atom. The van der Waals surface area contributed by atoms with Crippen LogP contribution in [0.4, 0.5) is 5.69 Å². The molecule has 0 saturated carbocycles. The predicted octanol–water partition coefficient (Wildman–Crippen LogP) is 3.75. The third-order valence-electron chi connectivity index (χ3n) is 4.11. The first-order valence-corrected chi connectivity index (χ1v) is 8.16. The van der Waals surface area contributed by atoms with Crippen LogP contribution in [-0.2, 0) is 14.4 Å². The molecule has 3 rings (SSSR count). The predicted molar refractivity (Wildman–Crippen MR) is 90.9 cm³/mol. The number of nitrogens with zero attached hydrogens (tertiary/aromatic N) is 1. The second-order valence-electron chi connectivity index (χ2n) is 5.61. The number of hydrogen-bond acceptors (Lipinski definition) is 3. The fraction of sp³-hybridized carbons (Fsp3) is 0.235. The standard InChI is InChI=1S/C17H13Cl2NO4/c18-13-6-5-10(7-9(13)8-14(19)17(23)24)20-15(21)11-3-1-2-4-12(11)16(20)22/h5-8H,1-4H2,(H,23,24)/b14-8-. The molecule has 1 aromatic rings. The topological polar surface area (TPSA) is 74.7 Å². The summed E-state index contributed by atoms with van der Waals surface area (Å²) in [5.74, 6) is -1.91. The Kier molecular flexibility index (Phi) is 4.47. The number of amides is 2. The Bertz CT molecular complexity index is 798.